The third-order valence-corrected chi connectivity index (χ3v) is 12.5. The van der Waals surface area contributed by atoms with E-state index >= 15 is 0 Å². The first-order valence-electron chi connectivity index (χ1n) is 12.2. The molecule has 8 nitrogen and oxygen atoms in total. The number of nitrogens with zero attached hydrogens (tertiary/aromatic N) is 2. The second kappa shape index (κ2) is 9.70. The van der Waals surface area contributed by atoms with E-state index in [0.717, 1.165) is 10.4 Å². The van der Waals surface area contributed by atoms with Crippen LogP contribution < -0.4 is 10.4 Å². The molecule has 0 aliphatic carbocycles. The van der Waals surface area contributed by atoms with Crippen LogP contribution >= 0.6 is 0 Å². The van der Waals surface area contributed by atoms with Crippen molar-refractivity contribution in [3.63, 3.8) is 0 Å². The summed E-state index contributed by atoms with van der Waals surface area (Å²) in [5.41, 5.74) is -1.09. The van der Waals surface area contributed by atoms with E-state index in [1.807, 2.05) is 36.4 Å². The first kappa shape index (κ1) is 25.9. The van der Waals surface area contributed by atoms with Gasteiger partial charge in [0.25, 0.3) is 14.2 Å². The summed E-state index contributed by atoms with van der Waals surface area (Å²) < 4.78 is 12.0. The van der Waals surface area contributed by atoms with Gasteiger partial charge in [0.05, 0.1) is 20.3 Å². The number of carboxylic acid groups (broad SMARTS) is 1. The standard InChI is InChI=1S/C27H34N2O6Si/c1-26(2,3)36(20-12-7-5-8-13-20,21-14-9-6-10-15-21)35-18-22(23(30)34-4)28-19-27(24(28)31)16-11-17-29(27)25(32)33/h5-10,12-15,22H,11,16-19H2,1-4H3,(H,32,33)/t22-,27?/m0/s1. The molecular weight excluding hydrogens is 476 g/mol. The van der Waals surface area contributed by atoms with Gasteiger partial charge in [0, 0.05) is 6.54 Å². The van der Waals surface area contributed by atoms with E-state index in [1.54, 1.807) is 0 Å². The number of amides is 2. The molecule has 2 amide bonds. The summed E-state index contributed by atoms with van der Waals surface area (Å²) in [5.74, 6) is -0.931. The fourth-order valence-corrected chi connectivity index (χ4v) is 10.3. The summed E-state index contributed by atoms with van der Waals surface area (Å²) in [6.07, 6.45) is -0.0375. The van der Waals surface area contributed by atoms with Crippen LogP contribution in [0.1, 0.15) is 33.6 Å². The lowest BCUT2D eigenvalue weighted by Gasteiger charge is -2.52. The van der Waals surface area contributed by atoms with Gasteiger partial charge in [0.1, 0.15) is 5.54 Å². The van der Waals surface area contributed by atoms with Crippen molar-refractivity contribution in [1.29, 1.82) is 0 Å². The first-order chi connectivity index (χ1) is 17.1. The summed E-state index contributed by atoms with van der Waals surface area (Å²) in [7, 11) is -1.66. The number of carbonyl (C=O) groups excluding carboxylic acids is 2. The molecule has 2 fully saturated rings. The number of carbonyl (C=O) groups is 3. The number of rotatable bonds is 7. The normalized spacial score (nSPS) is 20.8. The van der Waals surface area contributed by atoms with Gasteiger partial charge < -0.3 is 19.2 Å². The Morgan fingerprint density at radius 2 is 1.61 bits per heavy atom. The fraction of sp³-hybridized carbons (Fsp3) is 0.444. The maximum atomic E-state index is 13.4. The molecule has 0 bridgehead atoms. The Bertz CT molecular complexity index is 1080. The number of esters is 1. The zero-order valence-electron chi connectivity index (χ0n) is 21.3. The highest BCUT2D eigenvalue weighted by Crippen LogP contribution is 2.41. The molecule has 0 saturated carbocycles. The van der Waals surface area contributed by atoms with Gasteiger partial charge in [-0.3, -0.25) is 9.69 Å². The van der Waals surface area contributed by atoms with Crippen molar-refractivity contribution in [3.05, 3.63) is 60.7 Å². The van der Waals surface area contributed by atoms with Crippen LogP contribution in [0.15, 0.2) is 60.7 Å². The van der Waals surface area contributed by atoms with Gasteiger partial charge in [-0.05, 0) is 28.3 Å². The van der Waals surface area contributed by atoms with Gasteiger partial charge in [0.15, 0.2) is 6.04 Å². The Morgan fingerprint density at radius 3 is 2.06 bits per heavy atom. The molecule has 9 heteroatoms. The Kier molecular flexibility index (Phi) is 6.98. The maximum Gasteiger partial charge on any atom is 0.408 e. The highest BCUT2D eigenvalue weighted by atomic mass is 28.4. The van der Waals surface area contributed by atoms with Crippen LogP contribution in [0.3, 0.4) is 0 Å². The van der Waals surface area contributed by atoms with Crippen molar-refractivity contribution < 1.29 is 28.7 Å². The quantitative estimate of drug-likeness (QED) is 0.349. The van der Waals surface area contributed by atoms with Crippen molar-refractivity contribution >= 4 is 36.7 Å². The molecule has 192 valence electrons. The van der Waals surface area contributed by atoms with E-state index in [2.05, 4.69) is 45.0 Å². The molecule has 4 rings (SSSR count). The lowest BCUT2D eigenvalue weighted by molar-refractivity contribution is -0.173. The minimum atomic E-state index is -2.95. The van der Waals surface area contributed by atoms with Crippen molar-refractivity contribution in [1.82, 2.24) is 9.80 Å². The highest BCUT2D eigenvalue weighted by molar-refractivity contribution is 6.99. The zero-order chi connectivity index (χ0) is 26.1. The SMILES string of the molecule is COC(=O)[C@H](CO[Si](c1ccccc1)(c1ccccc1)C(C)(C)C)N1CC2(CCCN2C(=O)O)C1=O. The summed E-state index contributed by atoms with van der Waals surface area (Å²) in [6, 6.07) is 19.1. The average molecular weight is 511 g/mol. The van der Waals surface area contributed by atoms with Gasteiger partial charge in [-0.15, -0.1) is 0 Å². The van der Waals surface area contributed by atoms with Crippen LogP contribution in [0.25, 0.3) is 0 Å². The average Bonchev–Trinajstić information content (AvgIpc) is 3.33. The number of hydrogen-bond donors (Lipinski definition) is 1. The lowest BCUT2D eigenvalue weighted by atomic mass is 9.84. The fourth-order valence-electron chi connectivity index (χ4n) is 5.78. The van der Waals surface area contributed by atoms with Crippen molar-refractivity contribution in [2.45, 2.75) is 50.2 Å². The van der Waals surface area contributed by atoms with E-state index < -0.39 is 32.0 Å². The highest BCUT2D eigenvalue weighted by Gasteiger charge is 2.62. The van der Waals surface area contributed by atoms with Gasteiger partial charge in [-0.25, -0.2) is 9.59 Å². The Balaban J connectivity index is 1.69. The molecule has 2 aromatic carbocycles. The van der Waals surface area contributed by atoms with E-state index in [0.29, 0.717) is 19.4 Å². The first-order valence-corrected chi connectivity index (χ1v) is 14.1. The van der Waals surface area contributed by atoms with E-state index in [1.165, 1.54) is 16.9 Å². The second-order valence-corrected chi connectivity index (χ2v) is 14.8. The zero-order valence-corrected chi connectivity index (χ0v) is 22.3. The smallest absolute Gasteiger partial charge is 0.408 e. The Morgan fingerprint density at radius 1 is 1.06 bits per heavy atom. The van der Waals surface area contributed by atoms with Crippen LogP contribution in [0, 0.1) is 0 Å². The van der Waals surface area contributed by atoms with Gasteiger partial charge in [-0.2, -0.15) is 0 Å². The van der Waals surface area contributed by atoms with Crippen molar-refractivity contribution in [2.24, 2.45) is 0 Å². The Hall–Kier alpha value is -3.17. The molecule has 1 spiro atoms. The number of hydrogen-bond acceptors (Lipinski definition) is 5. The summed E-state index contributed by atoms with van der Waals surface area (Å²) in [5, 5.41) is 11.4. The molecule has 0 radical (unpaired) electrons. The molecule has 1 unspecified atom stereocenters. The van der Waals surface area contributed by atoms with Crippen LogP contribution in [-0.4, -0.2) is 79.6 Å². The van der Waals surface area contributed by atoms with E-state index in [4.69, 9.17) is 9.16 Å². The third kappa shape index (κ3) is 4.10. The molecular formula is C27H34N2O6Si. The predicted octanol–water partition coefficient (Wildman–Crippen LogP) is 2.46. The maximum absolute atomic E-state index is 13.4. The van der Waals surface area contributed by atoms with Gasteiger partial charge >= 0.3 is 12.1 Å². The minimum absolute atomic E-state index is 0.0468. The van der Waals surface area contributed by atoms with E-state index in [9.17, 15) is 19.5 Å². The summed E-state index contributed by atoms with van der Waals surface area (Å²) >= 11 is 0. The predicted molar refractivity (Wildman–Crippen MR) is 138 cm³/mol. The summed E-state index contributed by atoms with van der Waals surface area (Å²) in [6.45, 7) is 6.84. The van der Waals surface area contributed by atoms with Crippen molar-refractivity contribution in [2.75, 3.05) is 26.8 Å². The molecule has 2 heterocycles. The monoisotopic (exact) mass is 510 g/mol. The van der Waals surface area contributed by atoms with E-state index in [-0.39, 0.29) is 24.1 Å². The molecule has 2 aromatic rings. The second-order valence-electron chi connectivity index (χ2n) is 10.5. The number of benzene rings is 2. The number of ether oxygens (including phenoxy) is 1. The number of β-lactam (4-membered cyclic amide) rings is 1. The molecule has 2 aliphatic heterocycles. The van der Waals surface area contributed by atoms with Crippen LogP contribution in [0.5, 0.6) is 0 Å². The molecule has 2 saturated heterocycles. The molecule has 2 atom stereocenters. The molecule has 1 N–H and O–H groups in total. The molecule has 0 aromatic heterocycles. The van der Waals surface area contributed by atoms with Crippen LogP contribution in [0.4, 0.5) is 4.79 Å². The van der Waals surface area contributed by atoms with Gasteiger partial charge in [-0.1, -0.05) is 81.4 Å². The molecule has 36 heavy (non-hydrogen) atoms. The Labute approximate surface area is 212 Å². The number of likely N-dealkylation sites (tertiary alicyclic amines) is 2. The van der Waals surface area contributed by atoms with Crippen LogP contribution in [-0.2, 0) is 18.8 Å². The number of methoxy groups -OCH3 is 1. The summed E-state index contributed by atoms with van der Waals surface area (Å²) in [4.78, 5) is 40.7. The molecule has 2 aliphatic rings. The third-order valence-electron chi connectivity index (χ3n) is 7.53. The van der Waals surface area contributed by atoms with Gasteiger partial charge in [0.2, 0.25) is 0 Å². The lowest BCUT2D eigenvalue weighted by Crippen LogP contribution is -2.76. The largest absolute Gasteiger partial charge is 0.467 e. The minimum Gasteiger partial charge on any atom is -0.467 e. The van der Waals surface area contributed by atoms with Crippen molar-refractivity contribution in [3.8, 4) is 0 Å². The van der Waals surface area contributed by atoms with Crippen LogP contribution in [0.2, 0.25) is 5.04 Å². The topological polar surface area (TPSA) is 96.4 Å².